The van der Waals surface area contributed by atoms with Gasteiger partial charge in [0.1, 0.15) is 22.1 Å². The van der Waals surface area contributed by atoms with E-state index >= 15 is 0 Å². The molecule has 4 rings (SSSR count). The van der Waals surface area contributed by atoms with Gasteiger partial charge in [0, 0.05) is 37.5 Å². The van der Waals surface area contributed by atoms with E-state index in [4.69, 9.17) is 14.6 Å². The van der Waals surface area contributed by atoms with Crippen LogP contribution in [0.3, 0.4) is 0 Å². The van der Waals surface area contributed by atoms with Crippen molar-refractivity contribution in [2.24, 2.45) is 0 Å². The molecular weight excluding hydrogens is 481 g/mol. The molecule has 0 bridgehead atoms. The number of thiazole rings is 1. The smallest absolute Gasteiger partial charge is 0.290 e. The van der Waals surface area contributed by atoms with E-state index in [0.717, 1.165) is 25.6 Å². The van der Waals surface area contributed by atoms with Gasteiger partial charge in [0.2, 0.25) is 0 Å². The third-order valence-electron chi connectivity index (χ3n) is 5.31. The Morgan fingerprint density at radius 2 is 2.03 bits per heavy atom. The molecule has 34 heavy (non-hydrogen) atoms. The Hall–Kier alpha value is -3.02. The second-order valence-corrected chi connectivity index (χ2v) is 10.5. The van der Waals surface area contributed by atoms with E-state index in [1.165, 1.54) is 28.5 Å². The maximum absolute atomic E-state index is 14.8. The van der Waals surface area contributed by atoms with Crippen molar-refractivity contribution in [3.05, 3.63) is 70.3 Å². The van der Waals surface area contributed by atoms with Gasteiger partial charge in [-0.05, 0) is 31.0 Å². The number of nitrogens with one attached hydrogen (secondary N) is 1. The van der Waals surface area contributed by atoms with E-state index in [1.54, 1.807) is 12.3 Å². The number of carbonyl (C=O) groups is 1. The zero-order chi connectivity index (χ0) is 24.8. The summed E-state index contributed by atoms with van der Waals surface area (Å²) in [6.45, 7) is 5.87. The van der Waals surface area contributed by atoms with E-state index < -0.39 is 26.3 Å². The molecule has 1 saturated heterocycles. The van der Waals surface area contributed by atoms with Crippen molar-refractivity contribution < 1.29 is 27.4 Å². The molecule has 11 heteroatoms. The van der Waals surface area contributed by atoms with Gasteiger partial charge in [0.15, 0.2) is 5.82 Å². The van der Waals surface area contributed by atoms with Crippen molar-refractivity contribution in [1.29, 1.82) is 0 Å². The number of rotatable bonds is 7. The van der Waals surface area contributed by atoms with Crippen LogP contribution in [-0.4, -0.2) is 48.6 Å². The van der Waals surface area contributed by atoms with Gasteiger partial charge in [0.25, 0.3) is 16.5 Å². The molecule has 0 aliphatic carbocycles. The Bertz CT molecular complexity index is 1210. The summed E-state index contributed by atoms with van der Waals surface area (Å²) < 4.78 is 48.4. The van der Waals surface area contributed by atoms with Crippen LogP contribution in [0, 0.1) is 12.7 Å². The van der Waals surface area contributed by atoms with Gasteiger partial charge in [-0.15, -0.1) is 11.3 Å². The number of anilines is 1. The molecule has 3 aromatic rings. The van der Waals surface area contributed by atoms with Gasteiger partial charge in [-0.3, -0.25) is 14.4 Å². The highest BCUT2D eigenvalue weighted by Crippen LogP contribution is 2.33. The molecule has 0 saturated carbocycles. The molecule has 2 aromatic carbocycles. The first kappa shape index (κ1) is 25.6. The standard InChI is InChI=1S/C22H24FN3O3S2.CH2O2/c1-16-10-20(31(27,28)25-21-13-30-15-24-21)18(23)11-19(16)29-22(2)8-9-26(14-22)12-17-6-4-3-5-7-17;2-1-3/h3-7,10-11,13,15,25H,8-9,12,14H2,1-2H3;1H,(H,2,3)/t22-;/m0./s1. The Kier molecular flexibility index (Phi) is 8.24. The molecule has 2 N–H and O–H groups in total. The molecular formula is C23H26FN3O5S2. The maximum atomic E-state index is 14.8. The molecule has 0 amide bonds. The largest absolute Gasteiger partial charge is 0.486 e. The molecule has 0 radical (unpaired) electrons. The van der Waals surface area contributed by atoms with Crippen molar-refractivity contribution in [2.45, 2.75) is 37.3 Å². The first-order valence-corrected chi connectivity index (χ1v) is 12.8. The first-order valence-electron chi connectivity index (χ1n) is 10.4. The summed E-state index contributed by atoms with van der Waals surface area (Å²) in [6.07, 6.45) is 0.798. The number of benzene rings is 2. The summed E-state index contributed by atoms with van der Waals surface area (Å²) in [6, 6.07) is 12.7. The minimum absolute atomic E-state index is 0.166. The SMILES string of the molecule is Cc1cc(S(=O)(=O)Nc2cscn2)c(F)cc1O[C@@]1(C)CCN(Cc2ccccc2)C1.O=CO. The molecule has 1 aliphatic rings. The molecule has 182 valence electrons. The van der Waals surface area contributed by atoms with Crippen molar-refractivity contribution in [2.75, 3.05) is 17.8 Å². The lowest BCUT2D eigenvalue weighted by atomic mass is 10.1. The quantitative estimate of drug-likeness (QED) is 0.463. The van der Waals surface area contributed by atoms with Gasteiger partial charge in [-0.25, -0.2) is 17.8 Å². The van der Waals surface area contributed by atoms with Gasteiger partial charge < -0.3 is 9.84 Å². The van der Waals surface area contributed by atoms with Crippen molar-refractivity contribution in [3.63, 3.8) is 0 Å². The average Bonchev–Trinajstić information content (AvgIpc) is 3.41. The molecule has 1 aliphatic heterocycles. The zero-order valence-corrected chi connectivity index (χ0v) is 20.4. The lowest BCUT2D eigenvalue weighted by Gasteiger charge is -2.27. The van der Waals surface area contributed by atoms with Crippen molar-refractivity contribution in [3.8, 4) is 5.75 Å². The van der Waals surface area contributed by atoms with E-state index in [0.29, 0.717) is 17.9 Å². The number of hydrogen-bond donors (Lipinski definition) is 2. The molecule has 0 spiro atoms. The summed E-state index contributed by atoms with van der Waals surface area (Å²) >= 11 is 1.25. The van der Waals surface area contributed by atoms with Gasteiger partial charge in [-0.2, -0.15) is 0 Å². The van der Waals surface area contributed by atoms with Crippen LogP contribution in [0.25, 0.3) is 0 Å². The Balaban J connectivity index is 0.00000103. The predicted octanol–water partition coefficient (Wildman–Crippen LogP) is 4.14. The number of likely N-dealkylation sites (tertiary alicyclic amines) is 1. The number of hydrogen-bond acceptors (Lipinski definition) is 7. The van der Waals surface area contributed by atoms with Crippen LogP contribution in [-0.2, 0) is 21.4 Å². The van der Waals surface area contributed by atoms with Crippen LogP contribution in [0.1, 0.15) is 24.5 Å². The Labute approximate surface area is 202 Å². The molecule has 2 heterocycles. The summed E-state index contributed by atoms with van der Waals surface area (Å²) in [5.74, 6) is -0.334. The number of nitrogens with zero attached hydrogens (tertiary/aromatic N) is 2. The summed E-state index contributed by atoms with van der Waals surface area (Å²) in [5.41, 5.74) is 2.81. The highest BCUT2D eigenvalue weighted by Gasteiger charge is 2.36. The topological polar surface area (TPSA) is 109 Å². The monoisotopic (exact) mass is 507 g/mol. The van der Waals surface area contributed by atoms with Gasteiger partial charge in [0.05, 0.1) is 5.51 Å². The molecule has 8 nitrogen and oxygen atoms in total. The van der Waals surface area contributed by atoms with Gasteiger partial charge in [-0.1, -0.05) is 30.3 Å². The van der Waals surface area contributed by atoms with E-state index in [9.17, 15) is 12.8 Å². The maximum Gasteiger partial charge on any atom is 0.290 e. The number of carboxylic acid groups (broad SMARTS) is 1. The van der Waals surface area contributed by atoms with Crippen LogP contribution in [0.2, 0.25) is 0 Å². The van der Waals surface area contributed by atoms with Crippen LogP contribution >= 0.6 is 11.3 Å². The lowest BCUT2D eigenvalue weighted by Crippen LogP contribution is -2.36. The summed E-state index contributed by atoms with van der Waals surface area (Å²) in [4.78, 5) is 14.1. The van der Waals surface area contributed by atoms with Gasteiger partial charge >= 0.3 is 0 Å². The highest BCUT2D eigenvalue weighted by atomic mass is 32.2. The van der Waals surface area contributed by atoms with E-state index in [2.05, 4.69) is 26.7 Å². The third kappa shape index (κ3) is 6.52. The lowest BCUT2D eigenvalue weighted by molar-refractivity contribution is -0.122. The molecule has 1 fully saturated rings. The number of halogens is 1. The van der Waals surface area contributed by atoms with Crippen molar-refractivity contribution >= 4 is 33.7 Å². The fourth-order valence-corrected chi connectivity index (χ4v) is 5.46. The fraction of sp³-hybridized carbons (Fsp3) is 0.304. The summed E-state index contributed by atoms with van der Waals surface area (Å²) in [7, 11) is -4.08. The zero-order valence-electron chi connectivity index (χ0n) is 18.8. The van der Waals surface area contributed by atoms with Crippen LogP contribution in [0.5, 0.6) is 5.75 Å². The second kappa shape index (κ2) is 10.9. The van der Waals surface area contributed by atoms with E-state index in [1.807, 2.05) is 25.1 Å². The minimum Gasteiger partial charge on any atom is -0.486 e. The third-order valence-corrected chi connectivity index (χ3v) is 7.27. The number of aromatic nitrogens is 1. The number of aryl methyl sites for hydroxylation is 1. The molecule has 1 aromatic heterocycles. The van der Waals surface area contributed by atoms with E-state index in [-0.39, 0.29) is 12.3 Å². The number of ether oxygens (including phenoxy) is 1. The van der Waals surface area contributed by atoms with Crippen LogP contribution in [0.4, 0.5) is 10.2 Å². The Morgan fingerprint density at radius 3 is 2.68 bits per heavy atom. The normalized spacial score (nSPS) is 18.1. The predicted molar refractivity (Wildman–Crippen MR) is 128 cm³/mol. The second-order valence-electron chi connectivity index (χ2n) is 8.13. The van der Waals surface area contributed by atoms with Crippen LogP contribution < -0.4 is 9.46 Å². The fourth-order valence-electron chi connectivity index (χ4n) is 3.76. The Morgan fingerprint density at radius 1 is 1.32 bits per heavy atom. The van der Waals surface area contributed by atoms with Crippen LogP contribution in [0.15, 0.2) is 58.3 Å². The first-order chi connectivity index (χ1) is 16.2. The molecule has 0 unspecified atom stereocenters. The minimum atomic E-state index is -4.08. The number of sulfonamides is 1. The summed E-state index contributed by atoms with van der Waals surface area (Å²) in [5, 5.41) is 8.43. The molecule has 1 atom stereocenters. The average molecular weight is 508 g/mol. The van der Waals surface area contributed by atoms with Crippen molar-refractivity contribution in [1.82, 2.24) is 9.88 Å². The highest BCUT2D eigenvalue weighted by molar-refractivity contribution is 7.92.